The molecular weight excluding hydrogens is 240 g/mol. The highest BCUT2D eigenvalue weighted by Gasteiger charge is 2.18. The Balaban J connectivity index is 2.15. The predicted octanol–water partition coefficient (Wildman–Crippen LogP) is 1.29. The van der Waals surface area contributed by atoms with Gasteiger partial charge in [0.25, 0.3) is 0 Å². The lowest BCUT2D eigenvalue weighted by Crippen LogP contribution is -2.46. The van der Waals surface area contributed by atoms with Gasteiger partial charge in [-0.25, -0.2) is 0 Å². The molecule has 4 nitrogen and oxygen atoms in total. The summed E-state index contributed by atoms with van der Waals surface area (Å²) in [6, 6.07) is 4.13. The number of rotatable bonds is 3. The summed E-state index contributed by atoms with van der Waals surface area (Å²) in [5.41, 5.74) is 3.25. The molecule has 1 aliphatic rings. The number of amides is 1. The zero-order valence-electron chi connectivity index (χ0n) is 12.0. The van der Waals surface area contributed by atoms with Crippen LogP contribution < -0.4 is 10.1 Å². The molecule has 19 heavy (non-hydrogen) atoms. The lowest BCUT2D eigenvalue weighted by molar-refractivity contribution is -0.131. The first-order valence-corrected chi connectivity index (χ1v) is 6.74. The van der Waals surface area contributed by atoms with Crippen molar-refractivity contribution in [1.82, 2.24) is 10.2 Å². The number of benzene rings is 1. The van der Waals surface area contributed by atoms with Gasteiger partial charge in [-0.3, -0.25) is 4.79 Å². The summed E-state index contributed by atoms with van der Waals surface area (Å²) in [4.78, 5) is 14.2. The number of hydrogen-bond acceptors (Lipinski definition) is 3. The van der Waals surface area contributed by atoms with Gasteiger partial charge < -0.3 is 15.0 Å². The molecule has 1 aromatic rings. The number of nitrogens with one attached hydrogen (secondary N) is 1. The Morgan fingerprint density at radius 2 is 2.00 bits per heavy atom. The summed E-state index contributed by atoms with van der Waals surface area (Å²) in [6.45, 7) is 7.43. The van der Waals surface area contributed by atoms with Crippen LogP contribution in [-0.4, -0.2) is 44.1 Å². The molecule has 2 rings (SSSR count). The quantitative estimate of drug-likeness (QED) is 0.892. The van der Waals surface area contributed by atoms with Crippen LogP contribution in [0.3, 0.4) is 0 Å². The van der Waals surface area contributed by atoms with Crippen LogP contribution in [0.4, 0.5) is 0 Å². The number of nitrogens with zero attached hydrogens (tertiary/aromatic N) is 1. The molecule has 0 unspecified atom stereocenters. The van der Waals surface area contributed by atoms with E-state index in [0.29, 0.717) is 6.42 Å². The van der Waals surface area contributed by atoms with Crippen molar-refractivity contribution >= 4 is 5.91 Å². The lowest BCUT2D eigenvalue weighted by atomic mass is 10.0. The summed E-state index contributed by atoms with van der Waals surface area (Å²) in [7, 11) is 1.66. The first-order valence-electron chi connectivity index (χ1n) is 6.74. The van der Waals surface area contributed by atoms with Gasteiger partial charge in [0, 0.05) is 31.7 Å². The van der Waals surface area contributed by atoms with Gasteiger partial charge in [-0.15, -0.1) is 0 Å². The van der Waals surface area contributed by atoms with E-state index in [2.05, 4.69) is 11.4 Å². The second-order valence-corrected chi connectivity index (χ2v) is 5.08. The van der Waals surface area contributed by atoms with Crippen molar-refractivity contribution in [1.29, 1.82) is 0 Å². The minimum Gasteiger partial charge on any atom is -0.496 e. The molecule has 4 heteroatoms. The maximum Gasteiger partial charge on any atom is 0.227 e. The molecule has 1 aromatic carbocycles. The highest BCUT2D eigenvalue weighted by Crippen LogP contribution is 2.25. The van der Waals surface area contributed by atoms with Gasteiger partial charge in [-0.2, -0.15) is 0 Å². The lowest BCUT2D eigenvalue weighted by Gasteiger charge is -2.27. The number of piperazine rings is 1. The van der Waals surface area contributed by atoms with Crippen molar-refractivity contribution in [2.45, 2.75) is 20.3 Å². The maximum absolute atomic E-state index is 12.3. The third kappa shape index (κ3) is 3.26. The topological polar surface area (TPSA) is 41.6 Å². The molecule has 1 fully saturated rings. The number of methoxy groups -OCH3 is 1. The van der Waals surface area contributed by atoms with Crippen LogP contribution in [0.2, 0.25) is 0 Å². The fourth-order valence-electron chi connectivity index (χ4n) is 2.65. The molecular formula is C15H22N2O2. The van der Waals surface area contributed by atoms with Crippen molar-refractivity contribution in [3.8, 4) is 5.75 Å². The molecule has 0 bridgehead atoms. The molecule has 0 spiro atoms. The third-order valence-corrected chi connectivity index (χ3v) is 3.51. The Morgan fingerprint density at radius 1 is 1.32 bits per heavy atom. The van der Waals surface area contributed by atoms with E-state index in [1.165, 1.54) is 5.56 Å². The van der Waals surface area contributed by atoms with E-state index in [4.69, 9.17) is 4.74 Å². The van der Waals surface area contributed by atoms with Crippen molar-refractivity contribution in [2.24, 2.45) is 0 Å². The van der Waals surface area contributed by atoms with Crippen LogP contribution in [-0.2, 0) is 11.2 Å². The standard InChI is InChI=1S/C15H22N2O2/c1-11-8-12(2)15(19-3)13(9-11)10-14(18)17-6-4-16-5-7-17/h8-9,16H,4-7,10H2,1-3H3. The molecule has 0 radical (unpaired) electrons. The molecule has 1 saturated heterocycles. The molecule has 0 aromatic heterocycles. The van der Waals surface area contributed by atoms with Gasteiger partial charge in [-0.1, -0.05) is 17.7 Å². The summed E-state index contributed by atoms with van der Waals surface area (Å²) >= 11 is 0. The molecule has 1 aliphatic heterocycles. The zero-order chi connectivity index (χ0) is 13.8. The largest absolute Gasteiger partial charge is 0.496 e. The smallest absolute Gasteiger partial charge is 0.227 e. The SMILES string of the molecule is COc1c(C)cc(C)cc1CC(=O)N1CCNCC1. The molecule has 1 amide bonds. The maximum atomic E-state index is 12.3. The van der Waals surface area contributed by atoms with E-state index in [1.54, 1.807) is 7.11 Å². The Kier molecular flexibility index (Phi) is 4.43. The summed E-state index contributed by atoms with van der Waals surface area (Å²) < 4.78 is 5.44. The first kappa shape index (κ1) is 13.9. The molecule has 0 atom stereocenters. The number of carbonyl (C=O) groups is 1. The number of ether oxygens (including phenoxy) is 1. The van der Waals surface area contributed by atoms with E-state index in [9.17, 15) is 4.79 Å². The van der Waals surface area contributed by atoms with Gasteiger partial charge in [0.15, 0.2) is 0 Å². The van der Waals surface area contributed by atoms with Crippen molar-refractivity contribution in [2.75, 3.05) is 33.3 Å². The van der Waals surface area contributed by atoms with Crippen LogP contribution in [0.1, 0.15) is 16.7 Å². The normalized spacial score (nSPS) is 15.4. The van der Waals surface area contributed by atoms with E-state index < -0.39 is 0 Å². The minimum absolute atomic E-state index is 0.185. The number of hydrogen-bond donors (Lipinski definition) is 1. The third-order valence-electron chi connectivity index (χ3n) is 3.51. The van der Waals surface area contributed by atoms with Gasteiger partial charge in [0.2, 0.25) is 5.91 Å². The van der Waals surface area contributed by atoms with E-state index >= 15 is 0 Å². The van der Waals surface area contributed by atoms with Crippen molar-refractivity contribution in [3.05, 3.63) is 28.8 Å². The second kappa shape index (κ2) is 6.06. The zero-order valence-corrected chi connectivity index (χ0v) is 12.0. The Morgan fingerprint density at radius 3 is 2.63 bits per heavy atom. The van der Waals surface area contributed by atoms with Crippen molar-refractivity contribution in [3.63, 3.8) is 0 Å². The highest BCUT2D eigenvalue weighted by atomic mass is 16.5. The first-order chi connectivity index (χ1) is 9.11. The van der Waals surface area contributed by atoms with Crippen LogP contribution in [0.5, 0.6) is 5.75 Å². The molecule has 1 N–H and O–H groups in total. The minimum atomic E-state index is 0.185. The summed E-state index contributed by atoms with van der Waals surface area (Å²) in [6.07, 6.45) is 0.422. The fourth-order valence-corrected chi connectivity index (χ4v) is 2.65. The number of aryl methyl sites for hydroxylation is 2. The Labute approximate surface area is 114 Å². The van der Waals surface area contributed by atoms with Crippen LogP contribution in [0.25, 0.3) is 0 Å². The summed E-state index contributed by atoms with van der Waals surface area (Å²) in [5, 5.41) is 3.26. The average Bonchev–Trinajstić information content (AvgIpc) is 2.39. The molecule has 0 aliphatic carbocycles. The number of carbonyl (C=O) groups excluding carboxylic acids is 1. The highest BCUT2D eigenvalue weighted by molar-refractivity contribution is 5.80. The average molecular weight is 262 g/mol. The van der Waals surface area contributed by atoms with E-state index in [1.807, 2.05) is 24.8 Å². The summed E-state index contributed by atoms with van der Waals surface area (Å²) in [5.74, 6) is 1.03. The van der Waals surface area contributed by atoms with Crippen LogP contribution in [0, 0.1) is 13.8 Å². The second-order valence-electron chi connectivity index (χ2n) is 5.08. The van der Waals surface area contributed by atoms with Gasteiger partial charge in [-0.05, 0) is 19.4 Å². The monoisotopic (exact) mass is 262 g/mol. The molecule has 104 valence electrons. The fraction of sp³-hybridized carbons (Fsp3) is 0.533. The Hall–Kier alpha value is -1.55. The van der Waals surface area contributed by atoms with E-state index in [0.717, 1.165) is 43.1 Å². The Bertz CT molecular complexity index is 465. The van der Waals surface area contributed by atoms with Gasteiger partial charge >= 0.3 is 0 Å². The van der Waals surface area contributed by atoms with Crippen LogP contribution in [0.15, 0.2) is 12.1 Å². The van der Waals surface area contributed by atoms with Crippen molar-refractivity contribution < 1.29 is 9.53 Å². The van der Waals surface area contributed by atoms with Gasteiger partial charge in [0.1, 0.15) is 5.75 Å². The van der Waals surface area contributed by atoms with E-state index in [-0.39, 0.29) is 5.91 Å². The predicted molar refractivity (Wildman–Crippen MR) is 75.6 cm³/mol. The molecule has 0 saturated carbocycles. The molecule has 1 heterocycles. The van der Waals surface area contributed by atoms with Gasteiger partial charge in [0.05, 0.1) is 13.5 Å². The van der Waals surface area contributed by atoms with Crippen LogP contribution >= 0.6 is 0 Å².